The number of piperidine rings is 1. The molecule has 2 aromatic rings. The van der Waals surface area contributed by atoms with Crippen LogP contribution in [-0.2, 0) is 11.3 Å². The Hall–Kier alpha value is -1.71. The number of nitrogens with zero attached hydrogens (tertiary/aromatic N) is 3. The predicted octanol–water partition coefficient (Wildman–Crippen LogP) is 3.53. The molecular weight excluding hydrogens is 489 g/mol. The maximum absolute atomic E-state index is 5.19. The van der Waals surface area contributed by atoms with Crippen LogP contribution in [0.25, 0.3) is 11.3 Å². The standard InChI is InChI=1S/C23H33N5O.HI/c1-3-24-23(27-21-10-13-28(14-11-21)15-16-29-2)26-18-19-7-6-8-20(17-19)22-9-4-5-12-25-22;/h4-9,12,17,21H,3,10-11,13-16,18H2,1-2H3,(H2,24,26,27);1H. The molecule has 1 fully saturated rings. The molecule has 1 saturated heterocycles. The monoisotopic (exact) mass is 523 g/mol. The maximum Gasteiger partial charge on any atom is 0.191 e. The van der Waals surface area contributed by atoms with Gasteiger partial charge < -0.3 is 20.3 Å². The number of methoxy groups -OCH3 is 1. The van der Waals surface area contributed by atoms with Gasteiger partial charge in [0.2, 0.25) is 0 Å². The number of rotatable bonds is 8. The van der Waals surface area contributed by atoms with Gasteiger partial charge in [-0.3, -0.25) is 4.98 Å². The van der Waals surface area contributed by atoms with Crippen molar-refractivity contribution in [1.82, 2.24) is 20.5 Å². The quantitative estimate of drug-likeness (QED) is 0.315. The summed E-state index contributed by atoms with van der Waals surface area (Å²) < 4.78 is 5.19. The number of likely N-dealkylation sites (tertiary alicyclic amines) is 1. The molecule has 1 aromatic heterocycles. The third-order valence-electron chi connectivity index (χ3n) is 5.19. The molecule has 1 aliphatic heterocycles. The number of ether oxygens (including phenoxy) is 1. The van der Waals surface area contributed by atoms with Crippen LogP contribution >= 0.6 is 24.0 Å². The first-order valence-electron chi connectivity index (χ1n) is 10.5. The van der Waals surface area contributed by atoms with Crippen molar-refractivity contribution in [3.8, 4) is 11.3 Å². The van der Waals surface area contributed by atoms with Crippen molar-refractivity contribution in [3.05, 3.63) is 54.2 Å². The molecule has 7 heteroatoms. The highest BCUT2D eigenvalue weighted by Gasteiger charge is 2.19. The molecule has 0 saturated carbocycles. The summed E-state index contributed by atoms with van der Waals surface area (Å²) in [5, 5.41) is 7.00. The molecule has 0 bridgehead atoms. The zero-order valence-electron chi connectivity index (χ0n) is 18.0. The highest BCUT2D eigenvalue weighted by molar-refractivity contribution is 14.0. The number of aliphatic imine (C=N–C) groups is 1. The number of benzene rings is 1. The van der Waals surface area contributed by atoms with Crippen molar-refractivity contribution in [3.63, 3.8) is 0 Å². The van der Waals surface area contributed by atoms with Gasteiger partial charge in [-0.05, 0) is 43.5 Å². The summed E-state index contributed by atoms with van der Waals surface area (Å²) in [5.41, 5.74) is 3.29. The summed E-state index contributed by atoms with van der Waals surface area (Å²) in [6, 6.07) is 14.9. The molecule has 0 unspecified atom stereocenters. The van der Waals surface area contributed by atoms with E-state index in [0.717, 1.165) is 62.8 Å². The van der Waals surface area contributed by atoms with Gasteiger partial charge in [-0.2, -0.15) is 0 Å². The van der Waals surface area contributed by atoms with Crippen LogP contribution in [0.5, 0.6) is 0 Å². The first kappa shape index (κ1) is 24.6. The number of hydrogen-bond donors (Lipinski definition) is 2. The van der Waals surface area contributed by atoms with Crippen molar-refractivity contribution in [2.24, 2.45) is 4.99 Å². The summed E-state index contributed by atoms with van der Waals surface area (Å²) in [7, 11) is 1.76. The van der Waals surface area contributed by atoms with E-state index in [1.54, 1.807) is 7.11 Å². The van der Waals surface area contributed by atoms with E-state index in [1.165, 1.54) is 5.56 Å². The summed E-state index contributed by atoms with van der Waals surface area (Å²) in [5.74, 6) is 0.895. The molecule has 6 nitrogen and oxygen atoms in total. The fourth-order valence-corrected chi connectivity index (χ4v) is 3.57. The summed E-state index contributed by atoms with van der Waals surface area (Å²) in [6.45, 7) is 7.63. The average Bonchev–Trinajstić information content (AvgIpc) is 2.78. The van der Waals surface area contributed by atoms with Gasteiger partial charge in [-0.25, -0.2) is 4.99 Å². The van der Waals surface area contributed by atoms with Crippen LogP contribution in [0.2, 0.25) is 0 Å². The molecule has 0 amide bonds. The van der Waals surface area contributed by atoms with Crippen molar-refractivity contribution in [2.45, 2.75) is 32.4 Å². The normalized spacial score (nSPS) is 15.5. The lowest BCUT2D eigenvalue weighted by atomic mass is 10.1. The Morgan fingerprint density at radius 1 is 1.20 bits per heavy atom. The number of guanidine groups is 1. The molecule has 1 aromatic carbocycles. The molecule has 30 heavy (non-hydrogen) atoms. The average molecular weight is 523 g/mol. The summed E-state index contributed by atoms with van der Waals surface area (Å²) in [4.78, 5) is 11.7. The molecular formula is C23H34IN5O. The Balaban J connectivity index is 0.00000320. The topological polar surface area (TPSA) is 61.8 Å². The second-order valence-electron chi connectivity index (χ2n) is 7.36. The van der Waals surface area contributed by atoms with Crippen molar-refractivity contribution in [2.75, 3.05) is 39.9 Å². The third-order valence-corrected chi connectivity index (χ3v) is 5.19. The van der Waals surface area contributed by atoms with Crippen LogP contribution in [0.1, 0.15) is 25.3 Å². The predicted molar refractivity (Wildman–Crippen MR) is 134 cm³/mol. The van der Waals surface area contributed by atoms with E-state index in [1.807, 2.05) is 24.4 Å². The van der Waals surface area contributed by atoms with Crippen LogP contribution < -0.4 is 10.6 Å². The molecule has 0 spiro atoms. The Labute approximate surface area is 197 Å². The number of pyridine rings is 1. The minimum absolute atomic E-state index is 0. The van der Waals surface area contributed by atoms with Gasteiger partial charge in [0.1, 0.15) is 0 Å². The molecule has 164 valence electrons. The highest BCUT2D eigenvalue weighted by atomic mass is 127. The Morgan fingerprint density at radius 2 is 2.03 bits per heavy atom. The Morgan fingerprint density at radius 3 is 2.73 bits per heavy atom. The van der Waals surface area contributed by atoms with Crippen molar-refractivity contribution >= 4 is 29.9 Å². The minimum atomic E-state index is 0. The van der Waals surface area contributed by atoms with Crippen LogP contribution in [0.3, 0.4) is 0 Å². The number of nitrogens with one attached hydrogen (secondary N) is 2. The van der Waals surface area contributed by atoms with Gasteiger partial charge in [-0.1, -0.05) is 24.3 Å². The van der Waals surface area contributed by atoms with Crippen molar-refractivity contribution in [1.29, 1.82) is 0 Å². The lowest BCUT2D eigenvalue weighted by molar-refractivity contribution is 0.128. The molecule has 2 heterocycles. The summed E-state index contributed by atoms with van der Waals surface area (Å²) >= 11 is 0. The van der Waals surface area contributed by atoms with E-state index in [4.69, 9.17) is 9.73 Å². The zero-order valence-corrected chi connectivity index (χ0v) is 20.3. The fourth-order valence-electron chi connectivity index (χ4n) is 3.57. The largest absolute Gasteiger partial charge is 0.383 e. The molecule has 0 atom stereocenters. The highest BCUT2D eigenvalue weighted by Crippen LogP contribution is 2.18. The molecule has 1 aliphatic rings. The smallest absolute Gasteiger partial charge is 0.191 e. The van der Waals surface area contributed by atoms with Gasteiger partial charge in [0.25, 0.3) is 0 Å². The third kappa shape index (κ3) is 7.85. The number of aromatic nitrogens is 1. The van der Waals surface area contributed by atoms with Gasteiger partial charge in [0.05, 0.1) is 18.8 Å². The second-order valence-corrected chi connectivity index (χ2v) is 7.36. The summed E-state index contributed by atoms with van der Waals surface area (Å²) in [6.07, 6.45) is 4.08. The van der Waals surface area contributed by atoms with Crippen LogP contribution in [0, 0.1) is 0 Å². The molecule has 3 rings (SSSR count). The molecule has 0 radical (unpaired) electrons. The van der Waals surface area contributed by atoms with E-state index < -0.39 is 0 Å². The van der Waals surface area contributed by atoms with E-state index in [0.29, 0.717) is 12.6 Å². The minimum Gasteiger partial charge on any atom is -0.383 e. The first-order valence-corrected chi connectivity index (χ1v) is 10.5. The zero-order chi connectivity index (χ0) is 20.3. The Kier molecular flexibility index (Phi) is 11.1. The van der Waals surface area contributed by atoms with Gasteiger partial charge >= 0.3 is 0 Å². The van der Waals surface area contributed by atoms with Crippen LogP contribution in [-0.4, -0.2) is 61.8 Å². The second kappa shape index (κ2) is 13.6. The van der Waals surface area contributed by atoms with E-state index in [9.17, 15) is 0 Å². The first-order chi connectivity index (χ1) is 14.3. The van der Waals surface area contributed by atoms with Crippen molar-refractivity contribution < 1.29 is 4.74 Å². The SMILES string of the molecule is CCNC(=NCc1cccc(-c2ccccn2)c1)NC1CCN(CCOC)CC1.I. The Bertz CT molecular complexity index is 763. The van der Waals surface area contributed by atoms with E-state index in [-0.39, 0.29) is 24.0 Å². The fraction of sp³-hybridized carbons (Fsp3) is 0.478. The van der Waals surface area contributed by atoms with E-state index in [2.05, 4.69) is 51.7 Å². The van der Waals surface area contributed by atoms with Gasteiger partial charge in [0.15, 0.2) is 5.96 Å². The molecule has 2 N–H and O–H groups in total. The van der Waals surface area contributed by atoms with Gasteiger partial charge in [0, 0.05) is 51.1 Å². The number of hydrogen-bond acceptors (Lipinski definition) is 4. The maximum atomic E-state index is 5.19. The van der Waals surface area contributed by atoms with Crippen LogP contribution in [0.15, 0.2) is 53.7 Å². The number of halogens is 1. The lowest BCUT2D eigenvalue weighted by Crippen LogP contribution is -2.49. The van der Waals surface area contributed by atoms with E-state index >= 15 is 0 Å². The van der Waals surface area contributed by atoms with Crippen LogP contribution in [0.4, 0.5) is 0 Å². The van der Waals surface area contributed by atoms with Gasteiger partial charge in [-0.15, -0.1) is 24.0 Å². The lowest BCUT2D eigenvalue weighted by Gasteiger charge is -2.32. The molecule has 0 aliphatic carbocycles.